The Balaban J connectivity index is 3.49. The molecule has 0 saturated carbocycles. The van der Waals surface area contributed by atoms with Gasteiger partial charge in [-0.05, 0) is 30.7 Å². The van der Waals surface area contributed by atoms with Crippen molar-refractivity contribution in [3.63, 3.8) is 0 Å². The fourth-order valence-electron chi connectivity index (χ4n) is 1.18. The number of primary amides is 1. The van der Waals surface area contributed by atoms with Gasteiger partial charge in [0.2, 0.25) is 5.91 Å². The van der Waals surface area contributed by atoms with E-state index in [1.807, 2.05) is 0 Å². The van der Waals surface area contributed by atoms with E-state index in [0.29, 0.717) is 6.07 Å². The highest BCUT2D eigenvalue weighted by atomic mass is 32.2. The van der Waals surface area contributed by atoms with Crippen LogP contribution in [0.3, 0.4) is 0 Å². The SMILES string of the molecule is Cc1cc(C(N)=O)cc(S(=O)(=O)C(F)(F)F)c1. The number of nitrogens with two attached hydrogens (primary N) is 1. The van der Waals surface area contributed by atoms with Gasteiger partial charge >= 0.3 is 5.51 Å². The maximum atomic E-state index is 12.3. The third-order valence-corrected chi connectivity index (χ3v) is 3.42. The van der Waals surface area contributed by atoms with Crippen molar-refractivity contribution in [3.8, 4) is 0 Å². The molecule has 1 aromatic rings. The van der Waals surface area contributed by atoms with Gasteiger partial charge in [-0.1, -0.05) is 0 Å². The van der Waals surface area contributed by atoms with Crippen LogP contribution in [0.5, 0.6) is 0 Å². The second-order valence-electron chi connectivity index (χ2n) is 3.35. The van der Waals surface area contributed by atoms with E-state index in [1.54, 1.807) is 0 Å². The van der Waals surface area contributed by atoms with E-state index >= 15 is 0 Å². The average Bonchev–Trinajstić information content (AvgIpc) is 2.14. The number of benzene rings is 1. The van der Waals surface area contributed by atoms with E-state index in [4.69, 9.17) is 5.73 Å². The Bertz CT molecular complexity index is 563. The summed E-state index contributed by atoms with van der Waals surface area (Å²) in [6.07, 6.45) is 0. The maximum absolute atomic E-state index is 12.3. The summed E-state index contributed by atoms with van der Waals surface area (Å²) in [6, 6.07) is 2.64. The third kappa shape index (κ3) is 2.57. The zero-order valence-corrected chi connectivity index (χ0v) is 9.39. The van der Waals surface area contributed by atoms with E-state index < -0.39 is 26.1 Å². The Morgan fingerprint density at radius 3 is 2.18 bits per heavy atom. The van der Waals surface area contributed by atoms with E-state index in [2.05, 4.69) is 0 Å². The van der Waals surface area contributed by atoms with Gasteiger partial charge in [0.25, 0.3) is 9.84 Å². The summed E-state index contributed by atoms with van der Waals surface area (Å²) in [4.78, 5) is 9.84. The molecule has 0 aliphatic rings. The highest BCUT2D eigenvalue weighted by molar-refractivity contribution is 7.92. The number of amides is 1. The highest BCUT2D eigenvalue weighted by Gasteiger charge is 2.47. The molecule has 0 atom stereocenters. The molecule has 1 aromatic carbocycles. The molecule has 0 fully saturated rings. The number of carbonyl (C=O) groups is 1. The number of rotatable bonds is 2. The maximum Gasteiger partial charge on any atom is 0.501 e. The van der Waals surface area contributed by atoms with Crippen molar-refractivity contribution < 1.29 is 26.4 Å². The largest absolute Gasteiger partial charge is 0.501 e. The zero-order chi connectivity index (χ0) is 13.4. The van der Waals surface area contributed by atoms with Gasteiger partial charge in [-0.15, -0.1) is 0 Å². The molecule has 0 saturated heterocycles. The first-order valence-corrected chi connectivity index (χ1v) is 5.77. The first kappa shape index (κ1) is 13.5. The van der Waals surface area contributed by atoms with Gasteiger partial charge in [0.05, 0.1) is 4.90 Å². The molecule has 0 radical (unpaired) electrons. The molecule has 0 spiro atoms. The summed E-state index contributed by atoms with van der Waals surface area (Å²) in [7, 11) is -5.46. The van der Waals surface area contributed by atoms with Gasteiger partial charge in [0, 0.05) is 5.56 Å². The van der Waals surface area contributed by atoms with E-state index in [9.17, 15) is 26.4 Å². The molecule has 0 aliphatic heterocycles. The first-order valence-electron chi connectivity index (χ1n) is 4.28. The lowest BCUT2D eigenvalue weighted by Gasteiger charge is -2.09. The van der Waals surface area contributed by atoms with Crippen LogP contribution in [0.1, 0.15) is 15.9 Å². The molecule has 0 heterocycles. The number of hydrogen-bond donors (Lipinski definition) is 1. The van der Waals surface area contributed by atoms with E-state index in [0.717, 1.165) is 6.07 Å². The fourth-order valence-corrected chi connectivity index (χ4v) is 2.07. The molecule has 4 nitrogen and oxygen atoms in total. The van der Waals surface area contributed by atoms with E-state index in [1.165, 1.54) is 13.0 Å². The molecule has 0 bridgehead atoms. The summed E-state index contributed by atoms with van der Waals surface area (Å²) in [5.41, 5.74) is -0.604. The Morgan fingerprint density at radius 2 is 1.76 bits per heavy atom. The van der Waals surface area contributed by atoms with Crippen molar-refractivity contribution in [2.45, 2.75) is 17.3 Å². The van der Waals surface area contributed by atoms with E-state index in [-0.39, 0.29) is 11.1 Å². The number of alkyl halides is 3. The minimum Gasteiger partial charge on any atom is -0.366 e. The monoisotopic (exact) mass is 267 g/mol. The third-order valence-electron chi connectivity index (χ3n) is 1.95. The number of sulfone groups is 1. The molecule has 1 amide bonds. The van der Waals surface area contributed by atoms with Crippen molar-refractivity contribution >= 4 is 15.7 Å². The van der Waals surface area contributed by atoms with Crippen molar-refractivity contribution in [1.82, 2.24) is 0 Å². The van der Waals surface area contributed by atoms with Crippen LogP contribution in [0.4, 0.5) is 13.2 Å². The van der Waals surface area contributed by atoms with Crippen molar-refractivity contribution in [2.75, 3.05) is 0 Å². The molecular formula is C9H8F3NO3S. The van der Waals surface area contributed by atoms with Crippen LogP contribution in [-0.2, 0) is 9.84 Å². The van der Waals surface area contributed by atoms with Crippen molar-refractivity contribution in [2.24, 2.45) is 5.73 Å². The summed E-state index contributed by atoms with van der Waals surface area (Å²) in [5, 5.41) is 0. The average molecular weight is 267 g/mol. The highest BCUT2D eigenvalue weighted by Crippen LogP contribution is 2.31. The van der Waals surface area contributed by atoms with Gasteiger partial charge < -0.3 is 5.73 Å². The number of halogens is 3. The smallest absolute Gasteiger partial charge is 0.366 e. The summed E-state index contributed by atoms with van der Waals surface area (Å²) < 4.78 is 59.0. The Labute approximate surface area is 95.1 Å². The Kier molecular flexibility index (Phi) is 3.19. The lowest BCUT2D eigenvalue weighted by molar-refractivity contribution is -0.0436. The molecule has 1 rings (SSSR count). The Morgan fingerprint density at radius 1 is 1.24 bits per heavy atom. The minimum atomic E-state index is -5.46. The van der Waals surface area contributed by atoms with Crippen LogP contribution in [0, 0.1) is 6.92 Å². The first-order chi connectivity index (χ1) is 7.55. The zero-order valence-electron chi connectivity index (χ0n) is 8.58. The summed E-state index contributed by atoms with van der Waals surface area (Å²) >= 11 is 0. The molecule has 2 N–H and O–H groups in total. The molecule has 0 unspecified atom stereocenters. The number of hydrogen-bond acceptors (Lipinski definition) is 3. The Hall–Kier alpha value is -1.57. The van der Waals surface area contributed by atoms with Gasteiger partial charge in [-0.2, -0.15) is 13.2 Å². The van der Waals surface area contributed by atoms with Crippen LogP contribution in [0.2, 0.25) is 0 Å². The molecule has 17 heavy (non-hydrogen) atoms. The van der Waals surface area contributed by atoms with Crippen LogP contribution in [-0.4, -0.2) is 19.8 Å². The molecule has 94 valence electrons. The van der Waals surface area contributed by atoms with Gasteiger partial charge in [0.15, 0.2) is 0 Å². The van der Waals surface area contributed by atoms with Gasteiger partial charge in [0.1, 0.15) is 0 Å². The molecule has 0 aromatic heterocycles. The van der Waals surface area contributed by atoms with Gasteiger partial charge in [-0.3, -0.25) is 4.79 Å². The topological polar surface area (TPSA) is 77.2 Å². The van der Waals surface area contributed by atoms with Crippen LogP contribution >= 0.6 is 0 Å². The van der Waals surface area contributed by atoms with Crippen LogP contribution in [0.25, 0.3) is 0 Å². The van der Waals surface area contributed by atoms with Gasteiger partial charge in [-0.25, -0.2) is 8.42 Å². The van der Waals surface area contributed by atoms with Crippen LogP contribution in [0.15, 0.2) is 23.1 Å². The van der Waals surface area contributed by atoms with Crippen molar-refractivity contribution in [3.05, 3.63) is 29.3 Å². The second-order valence-corrected chi connectivity index (χ2v) is 5.29. The lowest BCUT2D eigenvalue weighted by Crippen LogP contribution is -2.24. The van der Waals surface area contributed by atoms with Crippen LogP contribution < -0.4 is 5.73 Å². The quantitative estimate of drug-likeness (QED) is 0.879. The molecule has 8 heteroatoms. The second kappa shape index (κ2) is 4.02. The minimum absolute atomic E-state index is 0.198. The van der Waals surface area contributed by atoms with Crippen molar-refractivity contribution in [1.29, 1.82) is 0 Å². The lowest BCUT2D eigenvalue weighted by atomic mass is 10.1. The summed E-state index contributed by atoms with van der Waals surface area (Å²) in [6.45, 7) is 1.36. The summed E-state index contributed by atoms with van der Waals surface area (Å²) in [5.74, 6) is -0.993. The number of aryl methyl sites for hydroxylation is 1. The fraction of sp³-hybridized carbons (Fsp3) is 0.222. The predicted octanol–water partition coefficient (Wildman–Crippen LogP) is 1.39. The molecule has 0 aliphatic carbocycles. The normalized spacial score (nSPS) is 12.5. The predicted molar refractivity (Wildman–Crippen MR) is 52.9 cm³/mol. The molecular weight excluding hydrogens is 259 g/mol. The standard InChI is InChI=1S/C9H8F3NO3S/c1-5-2-6(8(13)14)4-7(3-5)17(15,16)9(10,11)12/h2-4H,1H3,(H2,13,14). The number of carbonyl (C=O) groups excluding carboxylic acids is 1.